The topological polar surface area (TPSA) is 61.8 Å². The van der Waals surface area contributed by atoms with Gasteiger partial charge in [0.05, 0.1) is 21.3 Å². The molecule has 0 atom stereocenters. The number of ether oxygens (including phenoxy) is 3. The lowest BCUT2D eigenvalue weighted by Crippen LogP contribution is -1.97. The molecule has 0 bridgehead atoms. The van der Waals surface area contributed by atoms with E-state index < -0.39 is 5.97 Å². The molecule has 0 aliphatic heterocycles. The number of esters is 1. The number of carbonyl (C=O) groups excluding carboxylic acids is 2. The highest BCUT2D eigenvalue weighted by molar-refractivity contribution is 5.90. The van der Waals surface area contributed by atoms with Gasteiger partial charge in [-0.25, -0.2) is 4.79 Å². The van der Waals surface area contributed by atoms with Crippen molar-refractivity contribution in [3.8, 4) is 23.3 Å². The van der Waals surface area contributed by atoms with Crippen LogP contribution < -0.4 is 9.47 Å². The van der Waals surface area contributed by atoms with Gasteiger partial charge in [0.1, 0.15) is 0 Å². The van der Waals surface area contributed by atoms with Gasteiger partial charge >= 0.3 is 5.97 Å². The van der Waals surface area contributed by atoms with E-state index in [1.807, 2.05) is 0 Å². The molecule has 1 rings (SSSR count). The molecule has 1 aromatic rings. The Morgan fingerprint density at radius 2 is 1.78 bits per heavy atom. The average molecular weight is 248 g/mol. The van der Waals surface area contributed by atoms with Gasteiger partial charge in [-0.05, 0) is 6.07 Å². The predicted octanol–water partition coefficient (Wildman–Crippen LogP) is 1.04. The fourth-order valence-corrected chi connectivity index (χ4v) is 1.27. The minimum Gasteiger partial charge on any atom is -0.493 e. The van der Waals surface area contributed by atoms with Gasteiger partial charge in [0, 0.05) is 23.1 Å². The van der Waals surface area contributed by atoms with Crippen molar-refractivity contribution in [3.63, 3.8) is 0 Å². The highest BCUT2D eigenvalue weighted by Crippen LogP contribution is 2.29. The molecular formula is C13H12O5. The molecule has 1 aromatic carbocycles. The second-order valence-corrected chi connectivity index (χ2v) is 3.15. The molecule has 5 heteroatoms. The van der Waals surface area contributed by atoms with Crippen molar-refractivity contribution < 1.29 is 23.8 Å². The molecule has 0 heterocycles. The molecule has 18 heavy (non-hydrogen) atoms. The SMILES string of the molecule is COC(=O)C#Cc1cc(OC)c(OC)cc1C=O. The first-order valence-electron chi connectivity index (χ1n) is 4.97. The van der Waals surface area contributed by atoms with E-state index in [9.17, 15) is 9.59 Å². The molecule has 94 valence electrons. The quantitative estimate of drug-likeness (QED) is 0.454. The monoisotopic (exact) mass is 248 g/mol. The molecule has 0 N–H and O–H groups in total. The number of hydrogen-bond acceptors (Lipinski definition) is 5. The molecule has 0 unspecified atom stereocenters. The van der Waals surface area contributed by atoms with Crippen LogP contribution in [0.3, 0.4) is 0 Å². The van der Waals surface area contributed by atoms with Gasteiger partial charge in [-0.15, -0.1) is 0 Å². The number of benzene rings is 1. The molecule has 0 fully saturated rings. The molecular weight excluding hydrogens is 236 g/mol. The summed E-state index contributed by atoms with van der Waals surface area (Å²) in [4.78, 5) is 21.9. The average Bonchev–Trinajstić information content (AvgIpc) is 2.43. The van der Waals surface area contributed by atoms with Gasteiger partial charge in [0.25, 0.3) is 0 Å². The fourth-order valence-electron chi connectivity index (χ4n) is 1.27. The zero-order chi connectivity index (χ0) is 13.5. The summed E-state index contributed by atoms with van der Waals surface area (Å²) in [6.45, 7) is 0. The van der Waals surface area contributed by atoms with Crippen molar-refractivity contribution >= 4 is 12.3 Å². The van der Waals surface area contributed by atoms with Crippen LogP contribution in [0.4, 0.5) is 0 Å². The first kappa shape index (κ1) is 13.6. The molecule has 0 amide bonds. The van der Waals surface area contributed by atoms with Crippen LogP contribution in [0.5, 0.6) is 11.5 Å². The minimum atomic E-state index is -0.679. The van der Waals surface area contributed by atoms with Crippen LogP contribution in [0.25, 0.3) is 0 Å². The summed E-state index contributed by atoms with van der Waals surface area (Å²) in [6.07, 6.45) is 0.628. The van der Waals surface area contributed by atoms with E-state index in [2.05, 4.69) is 16.6 Å². The molecule has 0 saturated carbocycles. The third-order valence-electron chi connectivity index (χ3n) is 2.17. The third-order valence-corrected chi connectivity index (χ3v) is 2.17. The van der Waals surface area contributed by atoms with Gasteiger partial charge in [0.2, 0.25) is 0 Å². The van der Waals surface area contributed by atoms with Crippen LogP contribution in [0, 0.1) is 11.8 Å². The fraction of sp³-hybridized carbons (Fsp3) is 0.231. The van der Waals surface area contributed by atoms with Crippen LogP contribution in [0.15, 0.2) is 12.1 Å². The lowest BCUT2D eigenvalue weighted by Gasteiger charge is -2.08. The summed E-state index contributed by atoms with van der Waals surface area (Å²) in [5.74, 6) is 4.96. The number of rotatable bonds is 3. The van der Waals surface area contributed by atoms with Gasteiger partial charge in [-0.1, -0.05) is 5.92 Å². The van der Waals surface area contributed by atoms with Gasteiger partial charge < -0.3 is 14.2 Å². The van der Waals surface area contributed by atoms with E-state index >= 15 is 0 Å². The Morgan fingerprint density at radius 3 is 2.28 bits per heavy atom. The van der Waals surface area contributed by atoms with Gasteiger partial charge in [-0.2, -0.15) is 0 Å². The van der Waals surface area contributed by atoms with E-state index in [1.165, 1.54) is 33.5 Å². The summed E-state index contributed by atoms with van der Waals surface area (Å²) in [7, 11) is 4.16. The van der Waals surface area contributed by atoms with Crippen molar-refractivity contribution in [1.29, 1.82) is 0 Å². The molecule has 0 saturated heterocycles. The summed E-state index contributed by atoms with van der Waals surface area (Å²) in [6, 6.07) is 3.02. The van der Waals surface area contributed by atoms with Crippen LogP contribution in [-0.4, -0.2) is 33.6 Å². The van der Waals surface area contributed by atoms with Gasteiger partial charge in [-0.3, -0.25) is 4.79 Å². The Kier molecular flexibility index (Phi) is 4.76. The van der Waals surface area contributed by atoms with E-state index in [0.717, 1.165) is 0 Å². The highest BCUT2D eigenvalue weighted by Gasteiger charge is 2.09. The van der Waals surface area contributed by atoms with E-state index in [0.29, 0.717) is 28.9 Å². The molecule has 0 radical (unpaired) electrons. The largest absolute Gasteiger partial charge is 0.493 e. The minimum absolute atomic E-state index is 0.309. The van der Waals surface area contributed by atoms with Crippen molar-refractivity contribution in [2.45, 2.75) is 0 Å². The van der Waals surface area contributed by atoms with E-state index in [4.69, 9.17) is 9.47 Å². The van der Waals surface area contributed by atoms with Gasteiger partial charge in [0.15, 0.2) is 17.8 Å². The number of aldehydes is 1. The molecule has 0 aromatic heterocycles. The maximum absolute atomic E-state index is 10.9. The van der Waals surface area contributed by atoms with Crippen molar-refractivity contribution in [3.05, 3.63) is 23.3 Å². The first-order chi connectivity index (χ1) is 8.65. The van der Waals surface area contributed by atoms with Crippen molar-refractivity contribution in [2.75, 3.05) is 21.3 Å². The first-order valence-corrected chi connectivity index (χ1v) is 4.97. The number of methoxy groups -OCH3 is 3. The zero-order valence-corrected chi connectivity index (χ0v) is 10.3. The predicted molar refractivity (Wildman–Crippen MR) is 63.8 cm³/mol. The lowest BCUT2D eigenvalue weighted by atomic mass is 10.1. The molecule has 5 nitrogen and oxygen atoms in total. The molecule has 0 aliphatic carbocycles. The Labute approximate surface area is 105 Å². The number of carbonyl (C=O) groups is 2. The Balaban J connectivity index is 3.28. The second-order valence-electron chi connectivity index (χ2n) is 3.15. The maximum Gasteiger partial charge on any atom is 0.384 e. The summed E-state index contributed by atoms with van der Waals surface area (Å²) >= 11 is 0. The van der Waals surface area contributed by atoms with Crippen LogP contribution in [-0.2, 0) is 9.53 Å². The van der Waals surface area contributed by atoms with Crippen LogP contribution in [0.1, 0.15) is 15.9 Å². The Hall–Kier alpha value is -2.48. The summed E-state index contributed by atoms with van der Waals surface area (Å²) < 4.78 is 14.5. The molecule has 0 aliphatic rings. The smallest absolute Gasteiger partial charge is 0.384 e. The van der Waals surface area contributed by atoms with E-state index in [-0.39, 0.29) is 0 Å². The summed E-state index contributed by atoms with van der Waals surface area (Å²) in [5, 5.41) is 0. The zero-order valence-electron chi connectivity index (χ0n) is 10.3. The molecule has 0 spiro atoms. The highest BCUT2D eigenvalue weighted by atomic mass is 16.5. The normalized spacial score (nSPS) is 8.83. The standard InChI is InChI=1S/C13H12O5/c1-16-11-6-9(4-5-13(15)18-3)10(8-14)7-12(11)17-2/h6-8H,1-3H3. The lowest BCUT2D eigenvalue weighted by molar-refractivity contribution is -0.133. The Bertz CT molecular complexity index is 522. The third kappa shape index (κ3) is 3.01. The van der Waals surface area contributed by atoms with Crippen LogP contribution in [0.2, 0.25) is 0 Å². The van der Waals surface area contributed by atoms with Crippen molar-refractivity contribution in [2.24, 2.45) is 0 Å². The Morgan fingerprint density at radius 1 is 1.17 bits per heavy atom. The number of hydrogen-bond donors (Lipinski definition) is 0. The summed E-state index contributed by atoms with van der Waals surface area (Å²) in [5.41, 5.74) is 0.678. The van der Waals surface area contributed by atoms with E-state index in [1.54, 1.807) is 0 Å². The second kappa shape index (κ2) is 6.30. The van der Waals surface area contributed by atoms with Crippen molar-refractivity contribution in [1.82, 2.24) is 0 Å². The maximum atomic E-state index is 10.9. The van der Waals surface area contributed by atoms with Crippen LogP contribution >= 0.6 is 0 Å².